The Bertz CT molecular complexity index is 746. The van der Waals surface area contributed by atoms with E-state index in [4.69, 9.17) is 15.5 Å². The fourth-order valence-electron chi connectivity index (χ4n) is 3.59. The lowest BCUT2D eigenvalue weighted by Gasteiger charge is -2.44. The van der Waals surface area contributed by atoms with Gasteiger partial charge in [-0.15, -0.1) is 11.8 Å². The van der Waals surface area contributed by atoms with E-state index >= 15 is 0 Å². The number of hydrogen-bond donors (Lipinski definition) is 1. The molecule has 1 fully saturated rings. The highest BCUT2D eigenvalue weighted by Gasteiger charge is 2.42. The molecule has 1 spiro atoms. The van der Waals surface area contributed by atoms with Gasteiger partial charge in [0.25, 0.3) is 0 Å². The van der Waals surface area contributed by atoms with Crippen molar-refractivity contribution in [1.82, 2.24) is 15.0 Å². The quantitative estimate of drug-likeness (QED) is 0.838. The largest absolute Gasteiger partial charge is 0.368 e. The Balaban J connectivity index is 1.57. The number of anilines is 2. The SMILES string of the molecule is CSc1cccc(N2CCC3(CC2)OCCc2cnc(N)nc23)n1. The van der Waals surface area contributed by atoms with Crippen molar-refractivity contribution in [2.75, 3.05) is 36.6 Å². The van der Waals surface area contributed by atoms with Gasteiger partial charge in [0.1, 0.15) is 11.4 Å². The van der Waals surface area contributed by atoms with Crippen LogP contribution >= 0.6 is 11.8 Å². The number of nitrogens with two attached hydrogens (primary N) is 1. The van der Waals surface area contributed by atoms with Gasteiger partial charge in [0.15, 0.2) is 0 Å². The highest BCUT2D eigenvalue weighted by molar-refractivity contribution is 7.98. The van der Waals surface area contributed by atoms with E-state index in [9.17, 15) is 0 Å². The molecular weight excluding hydrogens is 322 g/mol. The molecule has 2 aromatic heterocycles. The summed E-state index contributed by atoms with van der Waals surface area (Å²) in [5.74, 6) is 1.37. The fraction of sp³-hybridized carbons (Fsp3) is 0.471. The molecule has 0 aromatic carbocycles. The molecule has 2 N–H and O–H groups in total. The van der Waals surface area contributed by atoms with Crippen molar-refractivity contribution >= 4 is 23.5 Å². The van der Waals surface area contributed by atoms with Crippen LogP contribution in [0.25, 0.3) is 0 Å². The zero-order chi connectivity index (χ0) is 16.6. The zero-order valence-corrected chi connectivity index (χ0v) is 14.6. The van der Waals surface area contributed by atoms with Crippen LogP contribution in [0.2, 0.25) is 0 Å². The van der Waals surface area contributed by atoms with Crippen LogP contribution in [-0.2, 0) is 16.8 Å². The molecule has 1 saturated heterocycles. The maximum absolute atomic E-state index is 6.22. The molecule has 2 aliphatic rings. The maximum atomic E-state index is 6.22. The lowest BCUT2D eigenvalue weighted by atomic mass is 9.83. The third kappa shape index (κ3) is 2.71. The van der Waals surface area contributed by atoms with Gasteiger partial charge in [-0.3, -0.25) is 0 Å². The Hall–Kier alpha value is -1.86. The second-order valence-electron chi connectivity index (χ2n) is 6.22. The Morgan fingerprint density at radius 2 is 2.08 bits per heavy atom. The van der Waals surface area contributed by atoms with Crippen LogP contribution in [0.5, 0.6) is 0 Å². The van der Waals surface area contributed by atoms with Crippen LogP contribution in [0.1, 0.15) is 24.1 Å². The number of rotatable bonds is 2. The molecule has 6 nitrogen and oxygen atoms in total. The van der Waals surface area contributed by atoms with Gasteiger partial charge in [-0.05, 0) is 43.2 Å². The highest BCUT2D eigenvalue weighted by Crippen LogP contribution is 2.41. The summed E-state index contributed by atoms with van der Waals surface area (Å²) in [5, 5.41) is 1.05. The molecule has 0 bridgehead atoms. The average Bonchev–Trinajstić information content (AvgIpc) is 2.63. The van der Waals surface area contributed by atoms with Gasteiger partial charge >= 0.3 is 0 Å². The molecule has 0 amide bonds. The second kappa shape index (κ2) is 6.22. The fourth-order valence-corrected chi connectivity index (χ4v) is 3.99. The topological polar surface area (TPSA) is 77.2 Å². The zero-order valence-electron chi connectivity index (χ0n) is 13.7. The Morgan fingerprint density at radius 1 is 1.25 bits per heavy atom. The molecule has 0 radical (unpaired) electrons. The summed E-state index contributed by atoms with van der Waals surface area (Å²) in [5.41, 5.74) is 7.67. The monoisotopic (exact) mass is 343 g/mol. The number of hydrogen-bond acceptors (Lipinski definition) is 7. The highest BCUT2D eigenvalue weighted by atomic mass is 32.2. The van der Waals surface area contributed by atoms with E-state index < -0.39 is 0 Å². The number of aromatic nitrogens is 3. The van der Waals surface area contributed by atoms with Crippen LogP contribution in [-0.4, -0.2) is 40.9 Å². The standard InChI is InChI=1S/C17H21N5OS/c1-24-14-4-2-3-13(20-14)22-8-6-17(7-9-22)15-12(5-10-23-17)11-19-16(18)21-15/h2-4,11H,5-10H2,1H3,(H2,18,19,21). The lowest BCUT2D eigenvalue weighted by molar-refractivity contribution is -0.0801. The van der Waals surface area contributed by atoms with Gasteiger partial charge in [0.05, 0.1) is 17.3 Å². The first-order chi connectivity index (χ1) is 11.7. The summed E-state index contributed by atoms with van der Waals surface area (Å²) < 4.78 is 6.22. The van der Waals surface area contributed by atoms with Crippen molar-refractivity contribution in [3.05, 3.63) is 35.7 Å². The smallest absolute Gasteiger partial charge is 0.220 e. The number of ether oxygens (including phenoxy) is 1. The van der Waals surface area contributed by atoms with Crippen molar-refractivity contribution in [3.63, 3.8) is 0 Å². The molecule has 2 aromatic rings. The van der Waals surface area contributed by atoms with E-state index in [1.807, 2.05) is 18.5 Å². The van der Waals surface area contributed by atoms with Crippen LogP contribution in [0.15, 0.2) is 29.4 Å². The molecule has 7 heteroatoms. The van der Waals surface area contributed by atoms with E-state index in [-0.39, 0.29) is 5.60 Å². The predicted octanol–water partition coefficient (Wildman–Crippen LogP) is 2.24. The van der Waals surface area contributed by atoms with E-state index in [0.717, 1.165) is 55.5 Å². The Labute approximate surface area is 145 Å². The molecule has 4 heterocycles. The lowest BCUT2D eigenvalue weighted by Crippen LogP contribution is -2.47. The normalized spacial score (nSPS) is 19.3. The van der Waals surface area contributed by atoms with Crippen LogP contribution < -0.4 is 10.6 Å². The Morgan fingerprint density at radius 3 is 2.88 bits per heavy atom. The van der Waals surface area contributed by atoms with Crippen LogP contribution in [0.4, 0.5) is 11.8 Å². The summed E-state index contributed by atoms with van der Waals surface area (Å²) in [6.07, 6.45) is 6.55. The molecule has 0 saturated carbocycles. The minimum absolute atomic E-state index is 0.321. The average molecular weight is 343 g/mol. The molecular formula is C17H21N5OS. The third-order valence-electron chi connectivity index (χ3n) is 4.88. The van der Waals surface area contributed by atoms with Gasteiger partial charge in [-0.25, -0.2) is 15.0 Å². The number of thioether (sulfide) groups is 1. The van der Waals surface area contributed by atoms with Gasteiger partial charge in [-0.1, -0.05) is 6.07 Å². The minimum Gasteiger partial charge on any atom is -0.368 e. The van der Waals surface area contributed by atoms with Crippen molar-refractivity contribution in [2.24, 2.45) is 0 Å². The summed E-state index contributed by atoms with van der Waals surface area (Å²) in [6, 6.07) is 6.19. The van der Waals surface area contributed by atoms with Crippen molar-refractivity contribution in [2.45, 2.75) is 29.9 Å². The molecule has 0 aliphatic carbocycles. The second-order valence-corrected chi connectivity index (χ2v) is 7.05. The molecule has 0 unspecified atom stereocenters. The first-order valence-electron chi connectivity index (χ1n) is 8.22. The first kappa shape index (κ1) is 15.7. The third-order valence-corrected chi connectivity index (χ3v) is 5.52. The van der Waals surface area contributed by atoms with E-state index in [1.54, 1.807) is 11.8 Å². The summed E-state index contributed by atoms with van der Waals surface area (Å²) in [7, 11) is 0. The minimum atomic E-state index is -0.321. The predicted molar refractivity (Wildman–Crippen MR) is 95.2 cm³/mol. The van der Waals surface area contributed by atoms with E-state index in [2.05, 4.69) is 27.0 Å². The van der Waals surface area contributed by atoms with Gasteiger partial charge in [0.2, 0.25) is 5.95 Å². The van der Waals surface area contributed by atoms with Crippen molar-refractivity contribution in [1.29, 1.82) is 0 Å². The molecule has 24 heavy (non-hydrogen) atoms. The molecule has 0 atom stereocenters. The maximum Gasteiger partial charge on any atom is 0.220 e. The first-order valence-corrected chi connectivity index (χ1v) is 9.44. The van der Waals surface area contributed by atoms with Crippen LogP contribution in [0, 0.1) is 0 Å². The van der Waals surface area contributed by atoms with Gasteiger partial charge in [-0.2, -0.15) is 0 Å². The summed E-state index contributed by atoms with van der Waals surface area (Å²) in [4.78, 5) is 15.7. The van der Waals surface area contributed by atoms with E-state index in [1.165, 1.54) is 5.56 Å². The number of piperidine rings is 1. The van der Waals surface area contributed by atoms with Gasteiger partial charge in [0, 0.05) is 19.3 Å². The van der Waals surface area contributed by atoms with Crippen molar-refractivity contribution in [3.8, 4) is 0 Å². The summed E-state index contributed by atoms with van der Waals surface area (Å²) in [6.45, 7) is 2.52. The van der Waals surface area contributed by atoms with Crippen LogP contribution in [0.3, 0.4) is 0 Å². The Kier molecular flexibility index (Phi) is 4.05. The van der Waals surface area contributed by atoms with E-state index in [0.29, 0.717) is 5.95 Å². The summed E-state index contributed by atoms with van der Waals surface area (Å²) >= 11 is 1.67. The van der Waals surface area contributed by atoms with Crippen molar-refractivity contribution < 1.29 is 4.74 Å². The number of pyridine rings is 1. The molecule has 126 valence electrons. The molecule has 2 aliphatic heterocycles. The number of nitrogens with zero attached hydrogens (tertiary/aromatic N) is 4. The molecule has 4 rings (SSSR count). The number of fused-ring (bicyclic) bond motifs is 2. The number of nitrogen functional groups attached to an aromatic ring is 1. The van der Waals surface area contributed by atoms with Gasteiger partial charge < -0.3 is 15.4 Å².